The quantitative estimate of drug-likeness (QED) is 0.615. The van der Waals surface area contributed by atoms with Crippen LogP contribution in [-0.4, -0.2) is 45.3 Å². The van der Waals surface area contributed by atoms with Gasteiger partial charge in [0.1, 0.15) is 6.54 Å². The second-order valence-electron chi connectivity index (χ2n) is 3.76. The Hall–Kier alpha value is -2.25. The van der Waals surface area contributed by atoms with Crippen LogP contribution in [0.2, 0.25) is 0 Å². The van der Waals surface area contributed by atoms with Crippen molar-refractivity contribution in [1.82, 2.24) is 20.5 Å². The second-order valence-corrected chi connectivity index (χ2v) is 3.76. The third-order valence-corrected chi connectivity index (χ3v) is 2.35. The number of amides is 1. The van der Waals surface area contributed by atoms with Crippen molar-refractivity contribution < 1.29 is 14.7 Å². The molecule has 0 saturated carbocycles. The van der Waals surface area contributed by atoms with E-state index < -0.39 is 18.4 Å². The van der Waals surface area contributed by atoms with E-state index in [4.69, 9.17) is 5.11 Å². The van der Waals surface area contributed by atoms with E-state index in [-0.39, 0.29) is 12.5 Å². The summed E-state index contributed by atoms with van der Waals surface area (Å²) in [6.07, 6.45) is 1.49. The van der Waals surface area contributed by atoms with Crippen LogP contribution >= 0.6 is 0 Å². The van der Waals surface area contributed by atoms with Gasteiger partial charge in [0.2, 0.25) is 11.9 Å². The van der Waals surface area contributed by atoms with Crippen molar-refractivity contribution in [2.45, 2.75) is 26.7 Å². The van der Waals surface area contributed by atoms with Crippen molar-refractivity contribution in [3.63, 3.8) is 0 Å². The fourth-order valence-electron chi connectivity index (χ4n) is 1.41. The van der Waals surface area contributed by atoms with E-state index in [1.807, 2.05) is 13.8 Å². The molecule has 1 aromatic rings. The van der Waals surface area contributed by atoms with Gasteiger partial charge in [0.15, 0.2) is 0 Å². The molecule has 0 unspecified atom stereocenters. The van der Waals surface area contributed by atoms with Gasteiger partial charge in [-0.1, -0.05) is 13.8 Å². The number of aryl methyl sites for hydroxylation is 2. The molecule has 0 fully saturated rings. The van der Waals surface area contributed by atoms with E-state index >= 15 is 0 Å². The Kier molecular flexibility index (Phi) is 5.65. The largest absolute Gasteiger partial charge is 0.480 e. The smallest absolute Gasteiger partial charge is 0.322 e. The monoisotopic (exact) mass is 267 g/mol. The zero-order valence-electron chi connectivity index (χ0n) is 10.9. The van der Waals surface area contributed by atoms with Crippen LogP contribution in [0.1, 0.15) is 25.2 Å². The number of carbonyl (C=O) groups is 2. The highest BCUT2D eigenvalue weighted by Gasteiger charge is 2.08. The molecule has 1 rings (SSSR count). The van der Waals surface area contributed by atoms with Gasteiger partial charge < -0.3 is 15.7 Å². The number of hydrogen-bond donors (Lipinski definition) is 3. The molecule has 0 spiro atoms. The Morgan fingerprint density at radius 2 is 1.79 bits per heavy atom. The maximum Gasteiger partial charge on any atom is 0.322 e. The Balaban J connectivity index is 2.53. The zero-order chi connectivity index (χ0) is 14.3. The van der Waals surface area contributed by atoms with Crippen LogP contribution in [-0.2, 0) is 22.4 Å². The lowest BCUT2D eigenvalue weighted by Gasteiger charge is -2.07. The molecule has 0 radical (unpaired) electrons. The number of carbonyl (C=O) groups excluding carboxylic acids is 1. The predicted molar refractivity (Wildman–Crippen MR) is 67.7 cm³/mol. The summed E-state index contributed by atoms with van der Waals surface area (Å²) in [6.45, 7) is 3.43. The summed E-state index contributed by atoms with van der Waals surface area (Å²) in [4.78, 5) is 25.8. The molecule has 8 heteroatoms. The Morgan fingerprint density at radius 1 is 1.11 bits per heavy atom. The zero-order valence-corrected chi connectivity index (χ0v) is 10.9. The van der Waals surface area contributed by atoms with Crippen LogP contribution in [0.4, 0.5) is 5.95 Å². The molecule has 1 heterocycles. The van der Waals surface area contributed by atoms with Crippen molar-refractivity contribution >= 4 is 17.8 Å². The average Bonchev–Trinajstić information content (AvgIpc) is 2.42. The molecule has 0 aliphatic heterocycles. The second kappa shape index (κ2) is 7.24. The molecule has 0 bridgehead atoms. The molecule has 3 N–H and O–H groups in total. The first-order chi connectivity index (χ1) is 9.06. The summed E-state index contributed by atoms with van der Waals surface area (Å²) in [7, 11) is 0. The van der Waals surface area contributed by atoms with Gasteiger partial charge in [0, 0.05) is 0 Å². The molecular weight excluding hydrogens is 250 g/mol. The molecule has 1 amide bonds. The molecule has 0 saturated heterocycles. The molecule has 0 aromatic carbocycles. The lowest BCUT2D eigenvalue weighted by atomic mass is 10.2. The van der Waals surface area contributed by atoms with Crippen LogP contribution in [0, 0.1) is 0 Å². The van der Waals surface area contributed by atoms with E-state index in [9.17, 15) is 9.59 Å². The Labute approximate surface area is 110 Å². The number of nitrogens with zero attached hydrogens (tertiary/aromatic N) is 3. The average molecular weight is 267 g/mol. The van der Waals surface area contributed by atoms with E-state index in [0.717, 1.165) is 24.2 Å². The topological polar surface area (TPSA) is 117 Å². The first-order valence-electron chi connectivity index (χ1n) is 6.01. The van der Waals surface area contributed by atoms with Crippen LogP contribution < -0.4 is 10.6 Å². The van der Waals surface area contributed by atoms with Crippen molar-refractivity contribution in [3.05, 3.63) is 11.4 Å². The highest BCUT2D eigenvalue weighted by atomic mass is 16.4. The molecule has 0 atom stereocenters. The van der Waals surface area contributed by atoms with Crippen LogP contribution in [0.5, 0.6) is 0 Å². The standard InChI is InChI=1S/C11H17N5O3/c1-3-7-8(4-2)15-16-11(14-7)13-5-9(17)12-6-10(18)19/h3-6H2,1-2H3,(H,12,17)(H,18,19)(H,13,14,16). The number of hydrogen-bond acceptors (Lipinski definition) is 6. The molecule has 1 aromatic heterocycles. The maximum atomic E-state index is 11.3. The number of carboxylic acids is 1. The minimum absolute atomic E-state index is 0.0937. The lowest BCUT2D eigenvalue weighted by molar-refractivity contribution is -0.137. The van der Waals surface area contributed by atoms with E-state index in [0.29, 0.717) is 0 Å². The minimum Gasteiger partial charge on any atom is -0.480 e. The maximum absolute atomic E-state index is 11.3. The SMILES string of the molecule is CCc1nnc(NCC(=O)NCC(=O)O)nc1CC. The van der Waals surface area contributed by atoms with E-state index in [2.05, 4.69) is 25.8 Å². The number of aliphatic carboxylic acids is 1. The van der Waals surface area contributed by atoms with Crippen molar-refractivity contribution in [2.24, 2.45) is 0 Å². The van der Waals surface area contributed by atoms with Crippen LogP contribution in [0.25, 0.3) is 0 Å². The Bertz CT molecular complexity index is 464. The van der Waals surface area contributed by atoms with Gasteiger partial charge in [0.25, 0.3) is 0 Å². The number of carboxylic acid groups (broad SMARTS) is 1. The van der Waals surface area contributed by atoms with Crippen LogP contribution in [0.15, 0.2) is 0 Å². The summed E-state index contributed by atoms with van der Waals surface area (Å²) >= 11 is 0. The summed E-state index contributed by atoms with van der Waals surface area (Å²) in [5, 5.41) is 21.2. The summed E-state index contributed by atoms with van der Waals surface area (Å²) in [5.41, 5.74) is 1.68. The molecular formula is C11H17N5O3. The minimum atomic E-state index is -1.09. The van der Waals surface area contributed by atoms with Gasteiger partial charge in [-0.3, -0.25) is 9.59 Å². The molecule has 8 nitrogen and oxygen atoms in total. The van der Waals surface area contributed by atoms with Crippen molar-refractivity contribution in [2.75, 3.05) is 18.4 Å². The Morgan fingerprint density at radius 3 is 2.37 bits per heavy atom. The highest BCUT2D eigenvalue weighted by Crippen LogP contribution is 2.06. The molecule has 104 valence electrons. The third-order valence-electron chi connectivity index (χ3n) is 2.35. The summed E-state index contributed by atoms with van der Waals surface area (Å²) < 4.78 is 0. The van der Waals surface area contributed by atoms with E-state index in [1.54, 1.807) is 0 Å². The van der Waals surface area contributed by atoms with Gasteiger partial charge >= 0.3 is 5.97 Å². The van der Waals surface area contributed by atoms with E-state index in [1.165, 1.54) is 0 Å². The number of anilines is 1. The highest BCUT2D eigenvalue weighted by molar-refractivity contribution is 5.83. The summed E-state index contributed by atoms with van der Waals surface area (Å²) in [5.74, 6) is -1.27. The van der Waals surface area contributed by atoms with Crippen molar-refractivity contribution in [3.8, 4) is 0 Å². The van der Waals surface area contributed by atoms with Crippen LogP contribution in [0.3, 0.4) is 0 Å². The first kappa shape index (κ1) is 14.8. The van der Waals surface area contributed by atoms with Gasteiger partial charge in [-0.15, -0.1) is 5.10 Å². The van der Waals surface area contributed by atoms with Crippen molar-refractivity contribution in [1.29, 1.82) is 0 Å². The molecule has 19 heavy (non-hydrogen) atoms. The van der Waals surface area contributed by atoms with Gasteiger partial charge in [-0.2, -0.15) is 5.10 Å². The number of aromatic nitrogens is 3. The fourth-order valence-corrected chi connectivity index (χ4v) is 1.41. The number of nitrogens with one attached hydrogen (secondary N) is 2. The normalized spacial score (nSPS) is 10.0. The third kappa shape index (κ3) is 4.86. The molecule has 0 aliphatic carbocycles. The first-order valence-corrected chi connectivity index (χ1v) is 6.01. The lowest BCUT2D eigenvalue weighted by Crippen LogP contribution is -2.34. The fraction of sp³-hybridized carbons (Fsp3) is 0.545. The van der Waals surface area contributed by atoms with Gasteiger partial charge in [0.05, 0.1) is 17.9 Å². The van der Waals surface area contributed by atoms with Gasteiger partial charge in [-0.05, 0) is 12.8 Å². The predicted octanol–water partition coefficient (Wildman–Crippen LogP) is -0.391. The summed E-state index contributed by atoms with van der Waals surface area (Å²) in [6, 6.07) is 0. The molecule has 0 aliphatic rings. The van der Waals surface area contributed by atoms with Gasteiger partial charge in [-0.25, -0.2) is 4.98 Å². The number of rotatable bonds is 7.